The summed E-state index contributed by atoms with van der Waals surface area (Å²) in [5.41, 5.74) is 14.6. The van der Waals surface area contributed by atoms with E-state index in [0.29, 0.717) is 36.3 Å². The number of amides is 1. The number of anilines is 1. The highest BCUT2D eigenvalue weighted by molar-refractivity contribution is 6.03. The predicted molar refractivity (Wildman–Crippen MR) is 115 cm³/mol. The SMILES string of the molecule is N#CN1CCC[C@@H](n2nc(-c3ccc(Cc4ccc(F)c(F)c4)cc3)c(C(N)=O)c2N)C1. The highest BCUT2D eigenvalue weighted by atomic mass is 19.2. The Morgan fingerprint density at radius 3 is 2.53 bits per heavy atom. The van der Waals surface area contributed by atoms with Crippen LogP contribution in [0.2, 0.25) is 0 Å². The lowest BCUT2D eigenvalue weighted by atomic mass is 10.0. The zero-order valence-electron chi connectivity index (χ0n) is 17.3. The largest absolute Gasteiger partial charge is 0.383 e. The molecule has 0 saturated carbocycles. The van der Waals surface area contributed by atoms with Gasteiger partial charge in [-0.15, -0.1) is 0 Å². The Morgan fingerprint density at radius 2 is 1.88 bits per heavy atom. The molecule has 0 radical (unpaired) electrons. The number of halogens is 2. The maximum atomic E-state index is 13.5. The molecule has 1 aliphatic rings. The van der Waals surface area contributed by atoms with Crippen LogP contribution < -0.4 is 11.5 Å². The number of nitrogen functional groups attached to an aromatic ring is 1. The third-order valence-corrected chi connectivity index (χ3v) is 5.70. The number of nitrogens with two attached hydrogens (primary N) is 2. The van der Waals surface area contributed by atoms with Crippen LogP contribution in [0, 0.1) is 23.1 Å². The minimum absolute atomic E-state index is 0.136. The van der Waals surface area contributed by atoms with E-state index in [1.807, 2.05) is 12.1 Å². The van der Waals surface area contributed by atoms with Gasteiger partial charge in [0.2, 0.25) is 0 Å². The van der Waals surface area contributed by atoms with Gasteiger partial charge >= 0.3 is 0 Å². The molecular weight excluding hydrogens is 414 g/mol. The van der Waals surface area contributed by atoms with E-state index in [4.69, 9.17) is 11.5 Å². The number of benzene rings is 2. The molecule has 0 aliphatic carbocycles. The van der Waals surface area contributed by atoms with E-state index in [1.165, 1.54) is 12.1 Å². The summed E-state index contributed by atoms with van der Waals surface area (Å²) in [6.07, 6.45) is 4.17. The van der Waals surface area contributed by atoms with Crippen molar-refractivity contribution in [3.8, 4) is 17.5 Å². The second kappa shape index (κ2) is 8.67. The second-order valence-electron chi connectivity index (χ2n) is 7.88. The molecule has 3 aromatic rings. The number of carbonyl (C=O) groups is 1. The minimum atomic E-state index is -0.885. The van der Waals surface area contributed by atoms with Crippen LogP contribution in [0.4, 0.5) is 14.6 Å². The molecule has 32 heavy (non-hydrogen) atoms. The maximum absolute atomic E-state index is 13.5. The molecule has 0 spiro atoms. The van der Waals surface area contributed by atoms with Crippen LogP contribution in [0.15, 0.2) is 42.5 Å². The van der Waals surface area contributed by atoms with Gasteiger partial charge in [0.05, 0.1) is 12.6 Å². The lowest BCUT2D eigenvalue weighted by Gasteiger charge is -2.29. The standard InChI is InChI=1S/C23H22F2N6O/c24-18-8-5-15(11-19(18)25)10-14-3-6-16(7-4-14)21-20(23(28)32)22(27)31(29-21)17-2-1-9-30(12-17)13-26/h3-8,11,17H,1-2,9-10,12,27H2,(H2,28,32)/t17-/m1/s1. The molecular formula is C23H22F2N6O. The number of aromatic nitrogens is 2. The van der Waals surface area contributed by atoms with Crippen molar-refractivity contribution in [3.63, 3.8) is 0 Å². The van der Waals surface area contributed by atoms with Crippen molar-refractivity contribution in [3.05, 3.63) is 70.8 Å². The summed E-state index contributed by atoms with van der Waals surface area (Å²) in [6, 6.07) is 10.9. The smallest absolute Gasteiger partial charge is 0.254 e. The number of nitrogens with zero attached hydrogens (tertiary/aromatic N) is 4. The normalized spacial score (nSPS) is 16.0. The average Bonchev–Trinajstić information content (AvgIpc) is 3.14. The van der Waals surface area contributed by atoms with Crippen molar-refractivity contribution < 1.29 is 13.6 Å². The number of piperidine rings is 1. The summed E-state index contributed by atoms with van der Waals surface area (Å²) in [7, 11) is 0. The zero-order valence-corrected chi connectivity index (χ0v) is 17.3. The number of nitriles is 1. The molecule has 7 nitrogen and oxygen atoms in total. The van der Waals surface area contributed by atoms with E-state index in [9.17, 15) is 18.8 Å². The molecule has 1 atom stereocenters. The summed E-state index contributed by atoms with van der Waals surface area (Å²) in [5.74, 6) is -2.26. The molecule has 9 heteroatoms. The van der Waals surface area contributed by atoms with Crippen molar-refractivity contribution in [2.45, 2.75) is 25.3 Å². The zero-order chi connectivity index (χ0) is 22.8. The first-order valence-corrected chi connectivity index (χ1v) is 10.2. The van der Waals surface area contributed by atoms with Crippen LogP contribution in [0.5, 0.6) is 0 Å². The van der Waals surface area contributed by atoms with Gasteiger partial charge in [-0.2, -0.15) is 10.4 Å². The molecule has 0 unspecified atom stereocenters. The van der Waals surface area contributed by atoms with Gasteiger partial charge in [0, 0.05) is 12.1 Å². The number of hydrogen-bond acceptors (Lipinski definition) is 5. The summed E-state index contributed by atoms with van der Waals surface area (Å²) in [6.45, 7) is 1.15. The van der Waals surface area contributed by atoms with Crippen molar-refractivity contribution in [1.29, 1.82) is 5.26 Å². The van der Waals surface area contributed by atoms with Crippen LogP contribution in [-0.2, 0) is 6.42 Å². The van der Waals surface area contributed by atoms with Crippen LogP contribution in [0.1, 0.15) is 40.4 Å². The molecule has 1 fully saturated rings. The highest BCUT2D eigenvalue weighted by Crippen LogP contribution is 2.32. The minimum Gasteiger partial charge on any atom is -0.383 e. The number of likely N-dealkylation sites (tertiary alicyclic amines) is 1. The van der Waals surface area contributed by atoms with Crippen LogP contribution in [0.3, 0.4) is 0 Å². The Hall–Kier alpha value is -3.93. The van der Waals surface area contributed by atoms with Gasteiger partial charge in [0.15, 0.2) is 17.8 Å². The fourth-order valence-corrected chi connectivity index (χ4v) is 4.08. The first kappa shape index (κ1) is 21.3. The van der Waals surface area contributed by atoms with E-state index >= 15 is 0 Å². The molecule has 2 heterocycles. The lowest BCUT2D eigenvalue weighted by molar-refractivity contribution is 0.100. The van der Waals surface area contributed by atoms with Gasteiger partial charge in [-0.05, 0) is 42.5 Å². The summed E-state index contributed by atoms with van der Waals surface area (Å²) < 4.78 is 28.2. The molecule has 1 aliphatic heterocycles. The van der Waals surface area contributed by atoms with E-state index in [2.05, 4.69) is 11.3 Å². The average molecular weight is 436 g/mol. The fraction of sp³-hybridized carbons (Fsp3) is 0.261. The van der Waals surface area contributed by atoms with Gasteiger partial charge in [-0.3, -0.25) is 4.79 Å². The van der Waals surface area contributed by atoms with Gasteiger partial charge in [-0.25, -0.2) is 13.5 Å². The van der Waals surface area contributed by atoms with Crippen LogP contribution in [0.25, 0.3) is 11.3 Å². The van der Waals surface area contributed by atoms with E-state index in [-0.39, 0.29) is 17.4 Å². The molecule has 4 N–H and O–H groups in total. The van der Waals surface area contributed by atoms with Crippen LogP contribution in [-0.4, -0.2) is 33.7 Å². The number of hydrogen-bond donors (Lipinski definition) is 2. The molecule has 2 aromatic carbocycles. The molecule has 1 amide bonds. The third kappa shape index (κ3) is 4.12. The van der Waals surface area contributed by atoms with Gasteiger partial charge in [0.25, 0.3) is 5.91 Å². The third-order valence-electron chi connectivity index (χ3n) is 5.70. The first-order valence-electron chi connectivity index (χ1n) is 10.2. The quantitative estimate of drug-likeness (QED) is 0.596. The van der Waals surface area contributed by atoms with Crippen molar-refractivity contribution in [1.82, 2.24) is 14.7 Å². The van der Waals surface area contributed by atoms with Gasteiger partial charge in [-0.1, -0.05) is 30.3 Å². The van der Waals surface area contributed by atoms with Crippen molar-refractivity contribution in [2.75, 3.05) is 18.8 Å². The summed E-state index contributed by atoms with van der Waals surface area (Å²) >= 11 is 0. The first-order chi connectivity index (χ1) is 15.4. The Balaban J connectivity index is 1.63. The molecule has 164 valence electrons. The molecule has 4 rings (SSSR count). The Bertz CT molecular complexity index is 1200. The Labute approximate surface area is 183 Å². The van der Waals surface area contributed by atoms with E-state index in [0.717, 1.165) is 24.5 Å². The Morgan fingerprint density at radius 1 is 1.16 bits per heavy atom. The molecule has 0 bridgehead atoms. The van der Waals surface area contributed by atoms with Gasteiger partial charge < -0.3 is 16.4 Å². The van der Waals surface area contributed by atoms with Crippen molar-refractivity contribution in [2.24, 2.45) is 5.73 Å². The monoisotopic (exact) mass is 436 g/mol. The molecule has 1 saturated heterocycles. The van der Waals surface area contributed by atoms with E-state index in [1.54, 1.807) is 21.7 Å². The van der Waals surface area contributed by atoms with E-state index < -0.39 is 17.5 Å². The number of rotatable bonds is 5. The topological polar surface area (TPSA) is 114 Å². The maximum Gasteiger partial charge on any atom is 0.254 e. The predicted octanol–water partition coefficient (Wildman–Crippen LogP) is 3.22. The molecule has 1 aromatic heterocycles. The highest BCUT2D eigenvalue weighted by Gasteiger charge is 2.28. The number of primary amides is 1. The Kier molecular flexibility index (Phi) is 5.77. The fourth-order valence-electron chi connectivity index (χ4n) is 4.08. The van der Waals surface area contributed by atoms with Crippen LogP contribution >= 0.6 is 0 Å². The summed E-state index contributed by atoms with van der Waals surface area (Å²) in [5, 5.41) is 13.8. The second-order valence-corrected chi connectivity index (χ2v) is 7.88. The van der Waals surface area contributed by atoms with Crippen molar-refractivity contribution >= 4 is 11.7 Å². The lowest BCUT2D eigenvalue weighted by Crippen LogP contribution is -2.34. The summed E-state index contributed by atoms with van der Waals surface area (Å²) in [4.78, 5) is 13.8. The number of carbonyl (C=O) groups excluding carboxylic acids is 1. The van der Waals surface area contributed by atoms with Gasteiger partial charge in [0.1, 0.15) is 17.1 Å².